The van der Waals surface area contributed by atoms with Gasteiger partial charge in [-0.15, -0.1) is 0 Å². The fraction of sp³-hybridized carbons (Fsp3) is 0.417. The van der Waals surface area contributed by atoms with Crippen LogP contribution in [0.5, 0.6) is 0 Å². The first-order valence-corrected chi connectivity index (χ1v) is 5.65. The summed E-state index contributed by atoms with van der Waals surface area (Å²) >= 11 is 0. The molecule has 19 heavy (non-hydrogen) atoms. The SMILES string of the molecule is NC1(CC(=O)Nc2ccc(F)c(C(F)(F)F)c2)CC1. The Hall–Kier alpha value is -1.63. The van der Waals surface area contributed by atoms with Gasteiger partial charge in [-0.1, -0.05) is 0 Å². The van der Waals surface area contributed by atoms with E-state index in [-0.39, 0.29) is 12.1 Å². The first-order chi connectivity index (χ1) is 8.70. The van der Waals surface area contributed by atoms with Gasteiger partial charge in [0.15, 0.2) is 0 Å². The lowest BCUT2D eigenvalue weighted by Crippen LogP contribution is -2.28. The summed E-state index contributed by atoms with van der Waals surface area (Å²) in [7, 11) is 0. The Labute approximate surface area is 106 Å². The Morgan fingerprint density at radius 1 is 1.37 bits per heavy atom. The number of halogens is 4. The maximum atomic E-state index is 13.0. The maximum absolute atomic E-state index is 13.0. The number of carbonyl (C=O) groups excluding carboxylic acids is 1. The number of anilines is 1. The standard InChI is InChI=1S/C12H12F4N2O/c13-9-2-1-7(5-8(9)12(14,15)16)18-10(19)6-11(17)3-4-11/h1-2,5H,3-4,6,17H2,(H,18,19). The van der Waals surface area contributed by atoms with Crippen LogP contribution >= 0.6 is 0 Å². The highest BCUT2D eigenvalue weighted by atomic mass is 19.4. The summed E-state index contributed by atoms with van der Waals surface area (Å²) in [5.74, 6) is -1.84. The summed E-state index contributed by atoms with van der Waals surface area (Å²) in [4.78, 5) is 11.5. The predicted molar refractivity (Wildman–Crippen MR) is 60.8 cm³/mol. The summed E-state index contributed by atoms with van der Waals surface area (Å²) in [6.07, 6.45) is -3.31. The molecular formula is C12H12F4N2O. The molecule has 7 heteroatoms. The van der Waals surface area contributed by atoms with Crippen LogP contribution in [0, 0.1) is 5.82 Å². The molecule has 0 aromatic heterocycles. The van der Waals surface area contributed by atoms with Gasteiger partial charge in [0.05, 0.1) is 5.56 Å². The molecule has 104 valence electrons. The molecule has 1 fully saturated rings. The van der Waals surface area contributed by atoms with Crippen molar-refractivity contribution < 1.29 is 22.4 Å². The third kappa shape index (κ3) is 3.44. The molecule has 0 heterocycles. The molecule has 3 N–H and O–H groups in total. The topological polar surface area (TPSA) is 55.1 Å². The third-order valence-corrected chi connectivity index (χ3v) is 2.96. The normalized spacial score (nSPS) is 17.1. The minimum Gasteiger partial charge on any atom is -0.326 e. The highest BCUT2D eigenvalue weighted by Gasteiger charge is 2.40. The smallest absolute Gasteiger partial charge is 0.326 e. The van der Waals surface area contributed by atoms with Crippen molar-refractivity contribution in [2.45, 2.75) is 31.0 Å². The molecule has 0 atom stereocenters. The van der Waals surface area contributed by atoms with Crippen LogP contribution in [0.1, 0.15) is 24.8 Å². The van der Waals surface area contributed by atoms with Gasteiger partial charge in [0.1, 0.15) is 5.82 Å². The van der Waals surface area contributed by atoms with Crippen molar-refractivity contribution in [2.24, 2.45) is 5.73 Å². The maximum Gasteiger partial charge on any atom is 0.419 e. The van der Waals surface area contributed by atoms with E-state index >= 15 is 0 Å². The molecule has 1 aliphatic rings. The van der Waals surface area contributed by atoms with Crippen molar-refractivity contribution in [1.29, 1.82) is 0 Å². The number of amides is 1. The van der Waals surface area contributed by atoms with Gasteiger partial charge in [0, 0.05) is 17.6 Å². The van der Waals surface area contributed by atoms with E-state index in [2.05, 4.69) is 5.32 Å². The van der Waals surface area contributed by atoms with Gasteiger partial charge in [-0.05, 0) is 31.0 Å². The summed E-state index contributed by atoms with van der Waals surface area (Å²) in [6, 6.07) is 2.33. The summed E-state index contributed by atoms with van der Waals surface area (Å²) < 4.78 is 50.5. The lowest BCUT2D eigenvalue weighted by atomic mass is 10.1. The largest absolute Gasteiger partial charge is 0.419 e. The molecule has 0 saturated heterocycles. The lowest BCUT2D eigenvalue weighted by molar-refractivity contribution is -0.140. The van der Waals surface area contributed by atoms with E-state index in [0.717, 1.165) is 18.9 Å². The number of carbonyl (C=O) groups is 1. The van der Waals surface area contributed by atoms with Crippen LogP contribution in [0.2, 0.25) is 0 Å². The molecule has 0 radical (unpaired) electrons. The molecule has 0 bridgehead atoms. The predicted octanol–water partition coefficient (Wildman–Crippen LogP) is 2.66. The van der Waals surface area contributed by atoms with Gasteiger partial charge < -0.3 is 11.1 Å². The van der Waals surface area contributed by atoms with Gasteiger partial charge >= 0.3 is 6.18 Å². The number of nitrogens with one attached hydrogen (secondary N) is 1. The Bertz CT molecular complexity index is 509. The second kappa shape index (κ2) is 4.48. The second-order valence-corrected chi connectivity index (χ2v) is 4.78. The van der Waals surface area contributed by atoms with Crippen molar-refractivity contribution in [2.75, 3.05) is 5.32 Å². The highest BCUT2D eigenvalue weighted by Crippen LogP contribution is 2.36. The van der Waals surface area contributed by atoms with E-state index in [0.29, 0.717) is 12.1 Å². The van der Waals surface area contributed by atoms with Gasteiger partial charge in [0.25, 0.3) is 0 Å². The minimum absolute atomic E-state index is 0.0473. The molecule has 2 rings (SSSR count). The Balaban J connectivity index is 2.10. The zero-order chi connectivity index (χ0) is 14.3. The molecule has 1 amide bonds. The van der Waals surface area contributed by atoms with Gasteiger partial charge in [-0.2, -0.15) is 13.2 Å². The Morgan fingerprint density at radius 2 is 2.00 bits per heavy atom. The number of alkyl halides is 3. The molecule has 0 spiro atoms. The number of nitrogens with two attached hydrogens (primary N) is 1. The molecule has 1 saturated carbocycles. The number of rotatable bonds is 3. The highest BCUT2D eigenvalue weighted by molar-refractivity contribution is 5.91. The van der Waals surface area contributed by atoms with Crippen LogP contribution in [0.15, 0.2) is 18.2 Å². The second-order valence-electron chi connectivity index (χ2n) is 4.78. The molecular weight excluding hydrogens is 264 g/mol. The fourth-order valence-electron chi connectivity index (χ4n) is 1.68. The average molecular weight is 276 g/mol. The third-order valence-electron chi connectivity index (χ3n) is 2.96. The van der Waals surface area contributed by atoms with Crippen LogP contribution in [0.4, 0.5) is 23.2 Å². The first kappa shape index (κ1) is 13.8. The molecule has 1 aromatic rings. The Kier molecular flexibility index (Phi) is 3.25. The zero-order valence-corrected chi connectivity index (χ0v) is 9.85. The summed E-state index contributed by atoms with van der Waals surface area (Å²) in [6.45, 7) is 0. The average Bonchev–Trinajstić information content (AvgIpc) is 2.97. The van der Waals surface area contributed by atoms with E-state index < -0.39 is 29.0 Å². The first-order valence-electron chi connectivity index (χ1n) is 5.65. The van der Waals surface area contributed by atoms with Crippen LogP contribution in [0.25, 0.3) is 0 Å². The minimum atomic E-state index is -4.80. The molecule has 1 aromatic carbocycles. The summed E-state index contributed by atoms with van der Waals surface area (Å²) in [5, 5.41) is 2.29. The number of hydrogen-bond acceptors (Lipinski definition) is 2. The van der Waals surface area contributed by atoms with Crippen LogP contribution in [-0.4, -0.2) is 11.4 Å². The molecule has 1 aliphatic carbocycles. The van der Waals surface area contributed by atoms with Crippen LogP contribution < -0.4 is 11.1 Å². The molecule has 0 unspecified atom stereocenters. The molecule has 3 nitrogen and oxygen atoms in total. The Morgan fingerprint density at radius 3 is 2.53 bits per heavy atom. The molecule has 0 aliphatic heterocycles. The van der Waals surface area contributed by atoms with Crippen molar-refractivity contribution in [1.82, 2.24) is 0 Å². The van der Waals surface area contributed by atoms with E-state index in [9.17, 15) is 22.4 Å². The van der Waals surface area contributed by atoms with E-state index in [4.69, 9.17) is 5.73 Å². The van der Waals surface area contributed by atoms with Gasteiger partial charge in [-0.3, -0.25) is 4.79 Å². The fourth-order valence-corrected chi connectivity index (χ4v) is 1.68. The van der Waals surface area contributed by atoms with Gasteiger partial charge in [0.2, 0.25) is 5.91 Å². The number of hydrogen-bond donors (Lipinski definition) is 2. The van der Waals surface area contributed by atoms with Crippen molar-refractivity contribution in [3.05, 3.63) is 29.6 Å². The zero-order valence-electron chi connectivity index (χ0n) is 9.85. The van der Waals surface area contributed by atoms with Crippen molar-refractivity contribution in [3.8, 4) is 0 Å². The van der Waals surface area contributed by atoms with Crippen molar-refractivity contribution in [3.63, 3.8) is 0 Å². The van der Waals surface area contributed by atoms with Crippen molar-refractivity contribution >= 4 is 11.6 Å². The summed E-state index contributed by atoms with van der Waals surface area (Å²) in [5.41, 5.74) is 3.69. The van der Waals surface area contributed by atoms with Crippen LogP contribution in [-0.2, 0) is 11.0 Å². The van der Waals surface area contributed by atoms with Crippen LogP contribution in [0.3, 0.4) is 0 Å². The van der Waals surface area contributed by atoms with E-state index in [1.807, 2.05) is 0 Å². The monoisotopic (exact) mass is 276 g/mol. The lowest BCUT2D eigenvalue weighted by Gasteiger charge is -2.12. The number of benzene rings is 1. The van der Waals surface area contributed by atoms with E-state index in [1.54, 1.807) is 0 Å². The quantitative estimate of drug-likeness (QED) is 0.834. The van der Waals surface area contributed by atoms with Gasteiger partial charge in [-0.25, -0.2) is 4.39 Å². The van der Waals surface area contributed by atoms with E-state index in [1.165, 1.54) is 0 Å².